The summed E-state index contributed by atoms with van der Waals surface area (Å²) in [6, 6.07) is 5.29. The summed E-state index contributed by atoms with van der Waals surface area (Å²) < 4.78 is 31.0. The van der Waals surface area contributed by atoms with Gasteiger partial charge in [0.15, 0.2) is 0 Å². The van der Waals surface area contributed by atoms with Gasteiger partial charge in [0.2, 0.25) is 10.0 Å². The average Bonchev–Trinajstić information content (AvgIpc) is 2.44. The van der Waals surface area contributed by atoms with Crippen molar-refractivity contribution in [2.75, 3.05) is 39.2 Å². The third-order valence-electron chi connectivity index (χ3n) is 3.33. The molecule has 1 aromatic rings. The topological polar surface area (TPSA) is 58.6 Å². The number of ether oxygens (including phenoxy) is 1. The molecule has 0 atom stereocenters. The molecule has 1 aliphatic rings. The van der Waals surface area contributed by atoms with Crippen LogP contribution in [-0.2, 0) is 21.2 Å². The molecule has 1 aromatic carbocycles. The first-order valence-corrected chi connectivity index (χ1v) is 7.82. The molecule has 0 unspecified atom stereocenters. The van der Waals surface area contributed by atoms with Crippen LogP contribution in [-0.4, -0.2) is 46.6 Å². The number of nitrogens with zero attached hydrogens (tertiary/aromatic N) is 1. The molecule has 1 heterocycles. The summed E-state index contributed by atoms with van der Waals surface area (Å²) in [7, 11) is -0.283. The van der Waals surface area contributed by atoms with Gasteiger partial charge in [0, 0.05) is 32.9 Å². The van der Waals surface area contributed by atoms with Gasteiger partial charge < -0.3 is 10.1 Å². The van der Waals surface area contributed by atoms with Crippen molar-refractivity contribution in [3.63, 3.8) is 0 Å². The van der Waals surface area contributed by atoms with Crippen molar-refractivity contribution in [3.8, 4) is 0 Å². The number of hydrogen-bond donors (Lipinski definition) is 1. The fourth-order valence-electron chi connectivity index (χ4n) is 2.13. The minimum absolute atomic E-state index is 0.355. The first kappa shape index (κ1) is 14.3. The summed E-state index contributed by atoms with van der Waals surface area (Å²) in [5.74, 6) is 0. The molecule has 0 amide bonds. The lowest BCUT2D eigenvalue weighted by Crippen LogP contribution is -2.30. The Morgan fingerprint density at radius 1 is 1.42 bits per heavy atom. The lowest BCUT2D eigenvalue weighted by molar-refractivity contribution is 0.185. The van der Waals surface area contributed by atoms with Crippen LogP contribution in [0.25, 0.3) is 0 Å². The van der Waals surface area contributed by atoms with Crippen molar-refractivity contribution in [1.29, 1.82) is 0 Å². The molecule has 0 saturated carbocycles. The number of likely N-dealkylation sites (N-methyl/N-ethyl adjacent to an activating group) is 1. The maximum atomic E-state index is 12.4. The smallest absolute Gasteiger partial charge is 0.242 e. The van der Waals surface area contributed by atoms with Crippen molar-refractivity contribution in [2.45, 2.75) is 17.7 Å². The predicted octanol–water partition coefficient (Wildman–Crippen LogP) is 1.31. The molecule has 0 saturated heterocycles. The number of methoxy groups -OCH3 is 1. The van der Waals surface area contributed by atoms with E-state index in [1.165, 1.54) is 4.31 Å². The number of fused-ring (bicyclic) bond motifs is 1. The van der Waals surface area contributed by atoms with E-state index in [4.69, 9.17) is 4.74 Å². The first-order valence-electron chi connectivity index (χ1n) is 6.38. The molecule has 1 aliphatic heterocycles. The molecule has 0 bridgehead atoms. The van der Waals surface area contributed by atoms with Crippen LogP contribution in [0.3, 0.4) is 0 Å². The highest BCUT2D eigenvalue weighted by atomic mass is 32.2. The zero-order chi connectivity index (χ0) is 13.9. The van der Waals surface area contributed by atoms with E-state index < -0.39 is 10.0 Å². The Kier molecular flexibility index (Phi) is 4.44. The number of hydrogen-bond acceptors (Lipinski definition) is 4. The van der Waals surface area contributed by atoms with Crippen LogP contribution in [0, 0.1) is 0 Å². The Labute approximate surface area is 114 Å². The molecule has 0 spiro atoms. The van der Waals surface area contributed by atoms with Gasteiger partial charge in [-0.3, -0.25) is 0 Å². The fourth-order valence-corrected chi connectivity index (χ4v) is 3.34. The Morgan fingerprint density at radius 2 is 2.21 bits per heavy atom. The zero-order valence-corrected chi connectivity index (χ0v) is 12.2. The lowest BCUT2D eigenvalue weighted by atomic mass is 10.0. The SMILES string of the molecule is COCCN(C)S(=O)(=O)c1ccc2c(c1)CCCN2. The van der Waals surface area contributed by atoms with E-state index in [9.17, 15) is 8.42 Å². The van der Waals surface area contributed by atoms with Gasteiger partial charge in [-0.2, -0.15) is 4.31 Å². The van der Waals surface area contributed by atoms with Crippen LogP contribution < -0.4 is 5.32 Å². The third kappa shape index (κ3) is 3.08. The summed E-state index contributed by atoms with van der Waals surface area (Å²) in [6.45, 7) is 1.70. The van der Waals surface area contributed by atoms with Crippen LogP contribution >= 0.6 is 0 Å². The van der Waals surface area contributed by atoms with Gasteiger partial charge in [0.05, 0.1) is 11.5 Å². The molecule has 0 aliphatic carbocycles. The van der Waals surface area contributed by atoms with Gasteiger partial charge in [0.25, 0.3) is 0 Å². The van der Waals surface area contributed by atoms with Gasteiger partial charge in [-0.1, -0.05) is 0 Å². The van der Waals surface area contributed by atoms with Gasteiger partial charge in [-0.15, -0.1) is 0 Å². The number of benzene rings is 1. The summed E-state index contributed by atoms with van der Waals surface area (Å²) >= 11 is 0. The number of rotatable bonds is 5. The summed E-state index contributed by atoms with van der Waals surface area (Å²) in [6.07, 6.45) is 1.96. The molecule has 5 nitrogen and oxygen atoms in total. The highest BCUT2D eigenvalue weighted by Gasteiger charge is 2.22. The van der Waals surface area contributed by atoms with Crippen molar-refractivity contribution < 1.29 is 13.2 Å². The number of aryl methyl sites for hydroxylation is 1. The van der Waals surface area contributed by atoms with Crippen molar-refractivity contribution in [3.05, 3.63) is 23.8 Å². The van der Waals surface area contributed by atoms with E-state index >= 15 is 0 Å². The minimum Gasteiger partial charge on any atom is -0.385 e. The molecule has 1 N–H and O–H groups in total. The average molecular weight is 284 g/mol. The predicted molar refractivity (Wildman–Crippen MR) is 74.9 cm³/mol. The van der Waals surface area contributed by atoms with E-state index in [2.05, 4.69) is 5.32 Å². The van der Waals surface area contributed by atoms with Crippen LogP contribution in [0.15, 0.2) is 23.1 Å². The third-order valence-corrected chi connectivity index (χ3v) is 5.19. The van der Waals surface area contributed by atoms with E-state index in [0.29, 0.717) is 18.0 Å². The Hall–Kier alpha value is -1.11. The largest absolute Gasteiger partial charge is 0.385 e. The molecule has 19 heavy (non-hydrogen) atoms. The van der Waals surface area contributed by atoms with Crippen LogP contribution in [0.2, 0.25) is 0 Å². The van der Waals surface area contributed by atoms with E-state index in [1.54, 1.807) is 26.3 Å². The molecule has 0 aromatic heterocycles. The molecule has 106 valence electrons. The van der Waals surface area contributed by atoms with E-state index in [1.807, 2.05) is 6.07 Å². The molecular weight excluding hydrogens is 264 g/mol. The second kappa shape index (κ2) is 5.90. The highest BCUT2D eigenvalue weighted by Crippen LogP contribution is 2.26. The fraction of sp³-hybridized carbons (Fsp3) is 0.538. The molecule has 6 heteroatoms. The monoisotopic (exact) mass is 284 g/mol. The molecular formula is C13H20N2O3S. The molecule has 2 rings (SSSR count). The van der Waals surface area contributed by atoms with Gasteiger partial charge in [0.1, 0.15) is 0 Å². The quantitative estimate of drug-likeness (QED) is 0.886. The van der Waals surface area contributed by atoms with Crippen LogP contribution in [0.1, 0.15) is 12.0 Å². The summed E-state index contributed by atoms with van der Waals surface area (Å²) in [5, 5.41) is 3.28. The Bertz CT molecular complexity index is 543. The number of anilines is 1. The first-order chi connectivity index (χ1) is 9.05. The number of sulfonamides is 1. The lowest BCUT2D eigenvalue weighted by Gasteiger charge is -2.21. The summed E-state index contributed by atoms with van der Waals surface area (Å²) in [4.78, 5) is 0.355. The second-order valence-electron chi connectivity index (χ2n) is 4.67. The van der Waals surface area contributed by atoms with Crippen molar-refractivity contribution in [2.24, 2.45) is 0 Å². The van der Waals surface area contributed by atoms with Crippen molar-refractivity contribution >= 4 is 15.7 Å². The second-order valence-corrected chi connectivity index (χ2v) is 6.71. The van der Waals surface area contributed by atoms with Gasteiger partial charge in [-0.05, 0) is 36.6 Å². The molecule has 0 fully saturated rings. The summed E-state index contributed by atoms with van der Waals surface area (Å²) in [5.41, 5.74) is 2.12. The maximum Gasteiger partial charge on any atom is 0.242 e. The van der Waals surface area contributed by atoms with Crippen LogP contribution in [0.5, 0.6) is 0 Å². The van der Waals surface area contributed by atoms with Gasteiger partial charge in [-0.25, -0.2) is 8.42 Å². The Balaban J connectivity index is 2.25. The van der Waals surface area contributed by atoms with E-state index in [0.717, 1.165) is 30.6 Å². The normalized spacial score (nSPS) is 15.1. The Morgan fingerprint density at radius 3 is 2.95 bits per heavy atom. The zero-order valence-electron chi connectivity index (χ0n) is 11.3. The maximum absolute atomic E-state index is 12.4. The minimum atomic E-state index is -3.42. The standard InChI is InChI=1S/C13H20N2O3S/c1-15(8-9-18-2)19(16,17)12-5-6-13-11(10-12)4-3-7-14-13/h5-6,10,14H,3-4,7-9H2,1-2H3. The molecule has 0 radical (unpaired) electrons. The van der Waals surface area contributed by atoms with Crippen LogP contribution in [0.4, 0.5) is 5.69 Å². The van der Waals surface area contributed by atoms with Gasteiger partial charge >= 0.3 is 0 Å². The van der Waals surface area contributed by atoms with Crippen molar-refractivity contribution in [1.82, 2.24) is 4.31 Å². The van der Waals surface area contributed by atoms with E-state index in [-0.39, 0.29) is 0 Å². The highest BCUT2D eigenvalue weighted by molar-refractivity contribution is 7.89. The number of nitrogens with one attached hydrogen (secondary N) is 1.